The number of aryl methyl sites for hydroxylation is 1. The van der Waals surface area contributed by atoms with E-state index in [9.17, 15) is 0 Å². The first-order valence-electron chi connectivity index (χ1n) is 5.34. The quantitative estimate of drug-likeness (QED) is 0.862. The van der Waals surface area contributed by atoms with Crippen molar-refractivity contribution in [3.63, 3.8) is 0 Å². The van der Waals surface area contributed by atoms with Crippen LogP contribution in [-0.2, 0) is 13.0 Å². The molecule has 4 heteroatoms. The van der Waals surface area contributed by atoms with Crippen molar-refractivity contribution in [2.75, 3.05) is 6.54 Å². The molecule has 0 bridgehead atoms. The molecule has 0 aliphatic carbocycles. The zero-order valence-corrected chi connectivity index (χ0v) is 10.5. The summed E-state index contributed by atoms with van der Waals surface area (Å²) in [5.41, 5.74) is 6.76. The summed E-state index contributed by atoms with van der Waals surface area (Å²) in [6, 6.07) is 0. The molecule has 0 unspecified atom stereocenters. The van der Waals surface area contributed by atoms with E-state index >= 15 is 0 Å². The number of nitrogens with two attached hydrogens (primary N) is 1. The molecule has 0 saturated carbocycles. The second kappa shape index (κ2) is 4.99. The minimum atomic E-state index is 0.195. The van der Waals surface area contributed by atoms with Crippen LogP contribution in [0.3, 0.4) is 0 Å². The SMILES string of the molecule is CC(C)(C)Cn1ncc(CCCN)c1Cl. The molecule has 1 aromatic heterocycles. The lowest BCUT2D eigenvalue weighted by Gasteiger charge is -2.18. The van der Waals surface area contributed by atoms with Gasteiger partial charge in [-0.15, -0.1) is 0 Å². The number of rotatable bonds is 4. The van der Waals surface area contributed by atoms with Crippen molar-refractivity contribution in [1.82, 2.24) is 9.78 Å². The van der Waals surface area contributed by atoms with Crippen LogP contribution >= 0.6 is 11.6 Å². The minimum Gasteiger partial charge on any atom is -0.330 e. The molecular formula is C11H20ClN3. The van der Waals surface area contributed by atoms with Crippen LogP contribution < -0.4 is 5.73 Å². The van der Waals surface area contributed by atoms with Crippen molar-refractivity contribution in [3.05, 3.63) is 16.9 Å². The van der Waals surface area contributed by atoms with Gasteiger partial charge in [0.25, 0.3) is 0 Å². The van der Waals surface area contributed by atoms with Crippen LogP contribution in [0.25, 0.3) is 0 Å². The highest BCUT2D eigenvalue weighted by Gasteiger charge is 2.15. The molecular weight excluding hydrogens is 210 g/mol. The van der Waals surface area contributed by atoms with Gasteiger partial charge in [-0.2, -0.15) is 5.10 Å². The fourth-order valence-corrected chi connectivity index (χ4v) is 1.68. The van der Waals surface area contributed by atoms with E-state index in [1.165, 1.54) is 0 Å². The van der Waals surface area contributed by atoms with Crippen molar-refractivity contribution in [1.29, 1.82) is 0 Å². The fourth-order valence-electron chi connectivity index (χ4n) is 1.43. The molecule has 0 aliphatic rings. The van der Waals surface area contributed by atoms with E-state index < -0.39 is 0 Å². The lowest BCUT2D eigenvalue weighted by molar-refractivity contribution is 0.325. The Balaban J connectivity index is 2.71. The summed E-state index contributed by atoms with van der Waals surface area (Å²) in [6.45, 7) is 8.05. The maximum Gasteiger partial charge on any atom is 0.130 e. The van der Waals surface area contributed by atoms with E-state index in [1.807, 2.05) is 10.9 Å². The molecule has 0 amide bonds. The Morgan fingerprint density at radius 2 is 2.13 bits per heavy atom. The van der Waals surface area contributed by atoms with Gasteiger partial charge in [0, 0.05) is 12.1 Å². The maximum absolute atomic E-state index is 6.23. The highest BCUT2D eigenvalue weighted by molar-refractivity contribution is 6.30. The van der Waals surface area contributed by atoms with Crippen LogP contribution in [0, 0.1) is 5.41 Å². The maximum atomic E-state index is 6.23. The Bertz CT molecular complexity index is 312. The van der Waals surface area contributed by atoms with Crippen molar-refractivity contribution < 1.29 is 0 Å². The molecule has 0 radical (unpaired) electrons. The topological polar surface area (TPSA) is 43.8 Å². The Kier molecular flexibility index (Phi) is 4.17. The predicted molar refractivity (Wildman–Crippen MR) is 64.1 cm³/mol. The van der Waals surface area contributed by atoms with Gasteiger partial charge < -0.3 is 5.73 Å². The Labute approximate surface area is 96.6 Å². The summed E-state index contributed by atoms with van der Waals surface area (Å²) in [4.78, 5) is 0. The molecule has 2 N–H and O–H groups in total. The molecule has 1 aromatic rings. The Hall–Kier alpha value is -0.540. The van der Waals surface area contributed by atoms with Gasteiger partial charge in [0.2, 0.25) is 0 Å². The van der Waals surface area contributed by atoms with Crippen LogP contribution in [0.15, 0.2) is 6.20 Å². The summed E-state index contributed by atoms with van der Waals surface area (Å²) < 4.78 is 1.87. The van der Waals surface area contributed by atoms with Crippen LogP contribution in [-0.4, -0.2) is 16.3 Å². The third kappa shape index (κ3) is 3.84. The molecule has 15 heavy (non-hydrogen) atoms. The van der Waals surface area contributed by atoms with Gasteiger partial charge in [-0.25, -0.2) is 0 Å². The first-order valence-corrected chi connectivity index (χ1v) is 5.72. The van der Waals surface area contributed by atoms with Crippen LogP contribution in [0.1, 0.15) is 32.8 Å². The molecule has 0 fully saturated rings. The standard InChI is InChI=1S/C11H20ClN3/c1-11(2,3)8-15-10(12)9(7-14-15)5-4-6-13/h7H,4-6,8,13H2,1-3H3. The molecule has 0 aromatic carbocycles. The lowest BCUT2D eigenvalue weighted by Crippen LogP contribution is -2.16. The largest absolute Gasteiger partial charge is 0.330 e. The number of hydrogen-bond acceptors (Lipinski definition) is 2. The third-order valence-corrected chi connectivity index (χ3v) is 2.56. The Morgan fingerprint density at radius 3 is 2.67 bits per heavy atom. The summed E-state index contributed by atoms with van der Waals surface area (Å²) in [7, 11) is 0. The highest BCUT2D eigenvalue weighted by Crippen LogP contribution is 2.22. The molecule has 0 spiro atoms. The van der Waals surface area contributed by atoms with E-state index in [0.717, 1.165) is 30.1 Å². The van der Waals surface area contributed by atoms with Gasteiger partial charge in [-0.05, 0) is 24.8 Å². The van der Waals surface area contributed by atoms with E-state index in [-0.39, 0.29) is 5.41 Å². The Morgan fingerprint density at radius 1 is 1.47 bits per heavy atom. The molecule has 0 atom stereocenters. The van der Waals surface area contributed by atoms with Gasteiger partial charge in [0.1, 0.15) is 5.15 Å². The van der Waals surface area contributed by atoms with Gasteiger partial charge >= 0.3 is 0 Å². The average Bonchev–Trinajstić information content (AvgIpc) is 2.43. The molecule has 0 saturated heterocycles. The average molecular weight is 230 g/mol. The number of hydrogen-bond donors (Lipinski definition) is 1. The first kappa shape index (κ1) is 12.5. The molecule has 0 aliphatic heterocycles. The smallest absolute Gasteiger partial charge is 0.130 e. The second-order valence-corrected chi connectivity index (χ2v) is 5.43. The van der Waals surface area contributed by atoms with Gasteiger partial charge in [-0.3, -0.25) is 4.68 Å². The summed E-state index contributed by atoms with van der Waals surface area (Å²) in [5.74, 6) is 0. The predicted octanol–water partition coefficient (Wildman–Crippen LogP) is 2.47. The third-order valence-electron chi connectivity index (χ3n) is 2.12. The summed E-state index contributed by atoms with van der Waals surface area (Å²) in [5, 5.41) is 5.06. The number of aromatic nitrogens is 2. The zero-order chi connectivity index (χ0) is 11.5. The van der Waals surface area contributed by atoms with E-state index in [0.29, 0.717) is 6.54 Å². The normalized spacial score (nSPS) is 12.1. The number of nitrogens with zero attached hydrogens (tertiary/aromatic N) is 2. The van der Waals surface area contributed by atoms with Gasteiger partial charge in [0.15, 0.2) is 0 Å². The fraction of sp³-hybridized carbons (Fsp3) is 0.727. The zero-order valence-electron chi connectivity index (χ0n) is 9.76. The molecule has 3 nitrogen and oxygen atoms in total. The van der Waals surface area contributed by atoms with E-state index in [4.69, 9.17) is 17.3 Å². The number of halogens is 1. The molecule has 86 valence electrons. The monoisotopic (exact) mass is 229 g/mol. The molecule has 1 rings (SSSR count). The van der Waals surface area contributed by atoms with Crippen LogP contribution in [0.5, 0.6) is 0 Å². The lowest BCUT2D eigenvalue weighted by atomic mass is 9.97. The van der Waals surface area contributed by atoms with Crippen molar-refractivity contribution >= 4 is 11.6 Å². The van der Waals surface area contributed by atoms with E-state index in [1.54, 1.807) is 0 Å². The van der Waals surface area contributed by atoms with Gasteiger partial charge in [-0.1, -0.05) is 32.4 Å². The van der Waals surface area contributed by atoms with Crippen molar-refractivity contribution in [2.24, 2.45) is 11.1 Å². The summed E-state index contributed by atoms with van der Waals surface area (Å²) >= 11 is 6.23. The first-order chi connectivity index (χ1) is 6.94. The van der Waals surface area contributed by atoms with Crippen LogP contribution in [0.2, 0.25) is 5.15 Å². The summed E-state index contributed by atoms with van der Waals surface area (Å²) in [6.07, 6.45) is 3.73. The highest BCUT2D eigenvalue weighted by atomic mass is 35.5. The van der Waals surface area contributed by atoms with Crippen molar-refractivity contribution in [2.45, 2.75) is 40.2 Å². The van der Waals surface area contributed by atoms with E-state index in [2.05, 4.69) is 25.9 Å². The minimum absolute atomic E-state index is 0.195. The molecule has 1 heterocycles. The van der Waals surface area contributed by atoms with Crippen LogP contribution in [0.4, 0.5) is 0 Å². The second-order valence-electron chi connectivity index (χ2n) is 5.07. The van der Waals surface area contributed by atoms with Gasteiger partial charge in [0.05, 0.1) is 6.20 Å². The van der Waals surface area contributed by atoms with Crippen molar-refractivity contribution in [3.8, 4) is 0 Å².